The quantitative estimate of drug-likeness (QED) is 0.903. The average molecular weight is 252 g/mol. The third-order valence-corrected chi connectivity index (χ3v) is 3.51. The van der Waals surface area contributed by atoms with E-state index in [1.807, 2.05) is 13.8 Å². The van der Waals surface area contributed by atoms with Crippen LogP contribution >= 0.6 is 11.3 Å². The summed E-state index contributed by atoms with van der Waals surface area (Å²) in [5.74, 6) is -0.383. The number of aryl methyl sites for hydroxylation is 1. The summed E-state index contributed by atoms with van der Waals surface area (Å²) in [6, 6.07) is 0. The number of fused-ring (bicyclic) bond motifs is 1. The van der Waals surface area contributed by atoms with Gasteiger partial charge in [0.05, 0.1) is 10.9 Å². The molecule has 2 rings (SSSR count). The Kier molecular flexibility index (Phi) is 2.97. The maximum Gasteiger partial charge on any atom is 0.337 e. The highest BCUT2D eigenvalue weighted by Gasteiger charge is 2.18. The van der Waals surface area contributed by atoms with E-state index in [9.17, 15) is 9.59 Å². The van der Waals surface area contributed by atoms with Crippen molar-refractivity contribution in [2.24, 2.45) is 0 Å². The lowest BCUT2D eigenvalue weighted by Crippen LogP contribution is -2.24. The standard InChI is InChI=1S/C11H12N2O3S/c1-3-7-12-9-8(10(14)13(7)4-2)6(5-17-9)11(15)16/h5H,3-4H2,1-2H3,(H,15,16). The Hall–Kier alpha value is -1.69. The zero-order valence-corrected chi connectivity index (χ0v) is 10.4. The van der Waals surface area contributed by atoms with Crippen LogP contribution < -0.4 is 5.56 Å². The average Bonchev–Trinajstić information content (AvgIpc) is 2.72. The summed E-state index contributed by atoms with van der Waals surface area (Å²) in [6.07, 6.45) is 0.652. The van der Waals surface area contributed by atoms with Crippen molar-refractivity contribution < 1.29 is 9.90 Å². The summed E-state index contributed by atoms with van der Waals surface area (Å²) >= 11 is 1.20. The second-order valence-electron chi connectivity index (χ2n) is 3.57. The summed E-state index contributed by atoms with van der Waals surface area (Å²) in [6.45, 7) is 4.27. The van der Waals surface area contributed by atoms with Crippen molar-refractivity contribution in [1.29, 1.82) is 0 Å². The van der Waals surface area contributed by atoms with Crippen LogP contribution in [0.5, 0.6) is 0 Å². The summed E-state index contributed by atoms with van der Waals surface area (Å²) < 4.78 is 1.53. The Bertz CT molecular complexity index is 642. The molecule has 0 aromatic carbocycles. The maximum atomic E-state index is 12.2. The first-order chi connectivity index (χ1) is 8.10. The Morgan fingerprint density at radius 1 is 1.53 bits per heavy atom. The molecule has 0 fully saturated rings. The van der Waals surface area contributed by atoms with E-state index in [1.165, 1.54) is 21.3 Å². The van der Waals surface area contributed by atoms with Crippen LogP contribution in [0, 0.1) is 0 Å². The Labute approximate surface area is 101 Å². The molecule has 0 aliphatic heterocycles. The highest BCUT2D eigenvalue weighted by atomic mass is 32.1. The second kappa shape index (κ2) is 4.29. The van der Waals surface area contributed by atoms with Gasteiger partial charge in [-0.15, -0.1) is 11.3 Å². The predicted molar refractivity (Wildman–Crippen MR) is 65.9 cm³/mol. The van der Waals surface area contributed by atoms with E-state index in [1.54, 1.807) is 0 Å². The van der Waals surface area contributed by atoms with E-state index in [-0.39, 0.29) is 16.5 Å². The summed E-state index contributed by atoms with van der Waals surface area (Å²) in [5.41, 5.74) is -0.208. The van der Waals surface area contributed by atoms with E-state index < -0.39 is 5.97 Å². The Morgan fingerprint density at radius 3 is 2.76 bits per heavy atom. The number of carboxylic acid groups (broad SMARTS) is 1. The molecule has 0 saturated heterocycles. The molecule has 17 heavy (non-hydrogen) atoms. The number of nitrogens with zero attached hydrogens (tertiary/aromatic N) is 2. The number of aromatic carboxylic acids is 1. The molecule has 1 N–H and O–H groups in total. The molecule has 2 aromatic heterocycles. The van der Waals surface area contributed by atoms with Gasteiger partial charge in [-0.25, -0.2) is 9.78 Å². The monoisotopic (exact) mass is 252 g/mol. The van der Waals surface area contributed by atoms with Gasteiger partial charge in [0.15, 0.2) is 0 Å². The topological polar surface area (TPSA) is 72.2 Å². The minimum Gasteiger partial charge on any atom is -0.478 e. The first-order valence-corrected chi connectivity index (χ1v) is 6.22. The van der Waals surface area contributed by atoms with Gasteiger partial charge in [0.25, 0.3) is 5.56 Å². The number of thiophene rings is 1. The van der Waals surface area contributed by atoms with Gasteiger partial charge in [-0.3, -0.25) is 9.36 Å². The van der Waals surface area contributed by atoms with Gasteiger partial charge < -0.3 is 5.11 Å². The van der Waals surface area contributed by atoms with Crippen molar-refractivity contribution in [1.82, 2.24) is 9.55 Å². The Morgan fingerprint density at radius 2 is 2.24 bits per heavy atom. The summed E-state index contributed by atoms with van der Waals surface area (Å²) in [4.78, 5) is 28.1. The van der Waals surface area contributed by atoms with Crippen molar-refractivity contribution in [3.8, 4) is 0 Å². The fourth-order valence-corrected chi connectivity index (χ4v) is 2.74. The fourth-order valence-electron chi connectivity index (χ4n) is 1.82. The second-order valence-corrected chi connectivity index (χ2v) is 4.42. The normalized spacial score (nSPS) is 10.9. The third kappa shape index (κ3) is 1.74. The largest absolute Gasteiger partial charge is 0.478 e. The third-order valence-electron chi connectivity index (χ3n) is 2.64. The number of rotatable bonds is 3. The van der Waals surface area contributed by atoms with Gasteiger partial charge in [0.2, 0.25) is 0 Å². The lowest BCUT2D eigenvalue weighted by Gasteiger charge is -2.08. The number of carbonyl (C=O) groups is 1. The molecule has 90 valence electrons. The number of hydrogen-bond acceptors (Lipinski definition) is 4. The Balaban J connectivity index is 2.90. The molecule has 6 heteroatoms. The van der Waals surface area contributed by atoms with Crippen LogP contribution in [0.2, 0.25) is 0 Å². The van der Waals surface area contributed by atoms with E-state index in [0.29, 0.717) is 23.6 Å². The van der Waals surface area contributed by atoms with Crippen LogP contribution in [0.4, 0.5) is 0 Å². The lowest BCUT2D eigenvalue weighted by molar-refractivity contribution is 0.0699. The molecule has 5 nitrogen and oxygen atoms in total. The highest BCUT2D eigenvalue weighted by molar-refractivity contribution is 7.17. The van der Waals surface area contributed by atoms with Crippen LogP contribution in [-0.4, -0.2) is 20.6 Å². The van der Waals surface area contributed by atoms with E-state index >= 15 is 0 Å². The summed E-state index contributed by atoms with van der Waals surface area (Å²) in [5, 5.41) is 10.7. The first kappa shape index (κ1) is 11.8. The molecule has 2 aromatic rings. The fraction of sp³-hybridized carbons (Fsp3) is 0.364. The SMILES string of the molecule is CCc1nc2scc(C(=O)O)c2c(=O)n1CC. The molecule has 0 saturated carbocycles. The van der Waals surface area contributed by atoms with Gasteiger partial charge in [0.1, 0.15) is 10.7 Å². The van der Waals surface area contributed by atoms with Gasteiger partial charge in [-0.1, -0.05) is 6.92 Å². The number of aromatic nitrogens is 2. The minimum atomic E-state index is -1.08. The maximum absolute atomic E-state index is 12.2. The first-order valence-electron chi connectivity index (χ1n) is 5.34. The molecule has 0 radical (unpaired) electrons. The van der Waals surface area contributed by atoms with Crippen LogP contribution in [0.25, 0.3) is 10.2 Å². The van der Waals surface area contributed by atoms with Crippen molar-refractivity contribution in [2.75, 3.05) is 0 Å². The van der Waals surface area contributed by atoms with E-state index in [4.69, 9.17) is 5.11 Å². The van der Waals surface area contributed by atoms with Gasteiger partial charge in [-0.2, -0.15) is 0 Å². The molecule has 2 heterocycles. The van der Waals surface area contributed by atoms with Crippen LogP contribution in [0.3, 0.4) is 0 Å². The van der Waals surface area contributed by atoms with Crippen molar-refractivity contribution >= 4 is 27.5 Å². The van der Waals surface area contributed by atoms with E-state index in [2.05, 4.69) is 4.98 Å². The van der Waals surface area contributed by atoms with Crippen LogP contribution in [0.15, 0.2) is 10.2 Å². The zero-order chi connectivity index (χ0) is 12.6. The number of carboxylic acids is 1. The van der Waals surface area contributed by atoms with E-state index in [0.717, 1.165) is 0 Å². The molecular formula is C11H12N2O3S. The molecule has 0 bridgehead atoms. The minimum absolute atomic E-state index is 0.0485. The number of hydrogen-bond donors (Lipinski definition) is 1. The molecule has 0 unspecified atom stereocenters. The van der Waals surface area contributed by atoms with Crippen molar-refractivity contribution in [3.63, 3.8) is 0 Å². The summed E-state index contributed by atoms with van der Waals surface area (Å²) in [7, 11) is 0. The smallest absolute Gasteiger partial charge is 0.337 e. The molecule has 0 aliphatic rings. The molecule has 0 amide bonds. The highest BCUT2D eigenvalue weighted by Crippen LogP contribution is 2.21. The molecule has 0 atom stereocenters. The molecule has 0 spiro atoms. The van der Waals surface area contributed by atoms with Crippen LogP contribution in [-0.2, 0) is 13.0 Å². The molecule has 0 aliphatic carbocycles. The molecular weight excluding hydrogens is 240 g/mol. The van der Waals surface area contributed by atoms with Gasteiger partial charge in [-0.05, 0) is 6.92 Å². The van der Waals surface area contributed by atoms with Crippen molar-refractivity contribution in [3.05, 3.63) is 27.1 Å². The van der Waals surface area contributed by atoms with Gasteiger partial charge >= 0.3 is 5.97 Å². The zero-order valence-electron chi connectivity index (χ0n) is 9.56. The van der Waals surface area contributed by atoms with Crippen LogP contribution in [0.1, 0.15) is 30.0 Å². The van der Waals surface area contributed by atoms with Gasteiger partial charge in [0, 0.05) is 18.3 Å². The van der Waals surface area contributed by atoms with Crippen molar-refractivity contribution in [2.45, 2.75) is 26.8 Å². The predicted octanol–water partition coefficient (Wildman–Crippen LogP) is 1.74. The lowest BCUT2D eigenvalue weighted by atomic mass is 10.2.